The van der Waals surface area contributed by atoms with Crippen molar-refractivity contribution in [2.75, 3.05) is 25.6 Å². The monoisotopic (exact) mass is 319 g/mol. The van der Waals surface area contributed by atoms with Crippen LogP contribution in [0.1, 0.15) is 45.8 Å². The number of imidazole rings is 1. The Hall–Kier alpha value is -1.89. The van der Waals surface area contributed by atoms with E-state index in [4.69, 9.17) is 9.47 Å². The minimum absolute atomic E-state index is 0.00290. The summed E-state index contributed by atoms with van der Waals surface area (Å²) in [7, 11) is 1.83. The number of nitrogens with zero attached hydrogens (tertiary/aromatic N) is 4. The lowest BCUT2D eigenvalue weighted by Gasteiger charge is -2.23. The molecular weight excluding hydrogens is 294 g/mol. The van der Waals surface area contributed by atoms with Gasteiger partial charge >= 0.3 is 6.01 Å². The second-order valence-corrected chi connectivity index (χ2v) is 6.28. The van der Waals surface area contributed by atoms with Gasteiger partial charge in [0.15, 0.2) is 17.0 Å². The molecule has 7 heteroatoms. The predicted molar refractivity (Wildman–Crippen MR) is 88.7 cm³/mol. The second kappa shape index (κ2) is 7.12. The molecule has 2 aromatic rings. The molecule has 3 rings (SSSR count). The predicted octanol–water partition coefficient (Wildman–Crippen LogP) is 2.99. The van der Waals surface area contributed by atoms with Gasteiger partial charge in [0.2, 0.25) is 0 Å². The van der Waals surface area contributed by atoms with E-state index in [2.05, 4.69) is 34.1 Å². The number of anilines is 1. The van der Waals surface area contributed by atoms with Crippen LogP contribution in [0.3, 0.4) is 0 Å². The molecule has 1 N–H and O–H groups in total. The van der Waals surface area contributed by atoms with Crippen LogP contribution < -0.4 is 10.1 Å². The maximum absolute atomic E-state index is 5.86. The van der Waals surface area contributed by atoms with E-state index in [1.54, 1.807) is 6.33 Å². The summed E-state index contributed by atoms with van der Waals surface area (Å²) >= 11 is 0. The first-order chi connectivity index (χ1) is 11.2. The molecule has 1 aliphatic rings. The van der Waals surface area contributed by atoms with Crippen molar-refractivity contribution in [1.29, 1.82) is 0 Å². The van der Waals surface area contributed by atoms with Crippen molar-refractivity contribution in [1.82, 2.24) is 19.5 Å². The van der Waals surface area contributed by atoms with Crippen molar-refractivity contribution in [2.24, 2.45) is 5.92 Å². The third-order valence-electron chi connectivity index (χ3n) is 4.03. The normalized spacial score (nSPS) is 18.5. The minimum atomic E-state index is -0.00290. The van der Waals surface area contributed by atoms with Gasteiger partial charge in [0.05, 0.1) is 12.9 Å². The lowest BCUT2D eigenvalue weighted by Crippen LogP contribution is -2.18. The first-order valence-electron chi connectivity index (χ1n) is 8.35. The Morgan fingerprint density at radius 2 is 2.26 bits per heavy atom. The van der Waals surface area contributed by atoms with Crippen molar-refractivity contribution in [3.8, 4) is 6.01 Å². The highest BCUT2D eigenvalue weighted by atomic mass is 16.5. The summed E-state index contributed by atoms with van der Waals surface area (Å²) in [6, 6.07) is 0.389. The highest BCUT2D eigenvalue weighted by molar-refractivity contribution is 5.83. The van der Waals surface area contributed by atoms with Crippen molar-refractivity contribution >= 4 is 17.0 Å². The molecule has 7 nitrogen and oxygen atoms in total. The van der Waals surface area contributed by atoms with Gasteiger partial charge in [-0.05, 0) is 31.6 Å². The van der Waals surface area contributed by atoms with Crippen LogP contribution in [0.5, 0.6) is 6.01 Å². The van der Waals surface area contributed by atoms with E-state index >= 15 is 0 Å². The quantitative estimate of drug-likeness (QED) is 0.882. The van der Waals surface area contributed by atoms with Gasteiger partial charge in [0, 0.05) is 13.7 Å². The fraction of sp³-hybridized carbons (Fsp3) is 0.688. The van der Waals surface area contributed by atoms with Crippen LogP contribution in [0, 0.1) is 5.92 Å². The molecular formula is C16H25N5O2. The SMILES string of the molecule is CNc1nc(OCCC(C)C)nc2c1ncn2C1CCCCO1. The van der Waals surface area contributed by atoms with Crippen LogP contribution in [-0.4, -0.2) is 39.8 Å². The standard InChI is InChI=1S/C16H25N5O2/c1-11(2)7-9-23-16-19-14(17-3)13-15(20-16)21(10-18-13)12-6-4-5-8-22-12/h10-12H,4-9H2,1-3H3,(H,17,19,20). The van der Waals surface area contributed by atoms with Crippen molar-refractivity contribution in [3.05, 3.63) is 6.33 Å². The fourth-order valence-electron chi connectivity index (χ4n) is 2.68. The number of ether oxygens (including phenoxy) is 2. The third kappa shape index (κ3) is 3.55. The Morgan fingerprint density at radius 1 is 1.39 bits per heavy atom. The van der Waals surface area contributed by atoms with E-state index in [0.29, 0.717) is 24.4 Å². The van der Waals surface area contributed by atoms with Gasteiger partial charge in [0.25, 0.3) is 0 Å². The smallest absolute Gasteiger partial charge is 0.320 e. The van der Waals surface area contributed by atoms with Crippen LogP contribution in [0.15, 0.2) is 6.33 Å². The van der Waals surface area contributed by atoms with E-state index in [1.165, 1.54) is 0 Å². The van der Waals surface area contributed by atoms with Gasteiger partial charge in [-0.25, -0.2) is 4.98 Å². The second-order valence-electron chi connectivity index (χ2n) is 6.28. The van der Waals surface area contributed by atoms with Crippen molar-refractivity contribution < 1.29 is 9.47 Å². The molecule has 126 valence electrons. The summed E-state index contributed by atoms with van der Waals surface area (Å²) in [4.78, 5) is 13.4. The molecule has 1 fully saturated rings. The number of rotatable bonds is 6. The molecule has 23 heavy (non-hydrogen) atoms. The molecule has 0 aromatic carbocycles. The fourth-order valence-corrected chi connectivity index (χ4v) is 2.68. The largest absolute Gasteiger partial charge is 0.463 e. The number of nitrogens with one attached hydrogen (secondary N) is 1. The summed E-state index contributed by atoms with van der Waals surface area (Å²) in [5.41, 5.74) is 1.51. The van der Waals surface area contributed by atoms with Gasteiger partial charge in [-0.3, -0.25) is 4.57 Å². The van der Waals surface area contributed by atoms with Crippen LogP contribution in [0.4, 0.5) is 5.82 Å². The number of fused-ring (bicyclic) bond motifs is 1. The summed E-state index contributed by atoms with van der Waals surface area (Å²) < 4.78 is 13.6. The summed E-state index contributed by atoms with van der Waals surface area (Å²) in [6.07, 6.45) is 6.01. The zero-order valence-corrected chi connectivity index (χ0v) is 14.1. The molecule has 1 unspecified atom stereocenters. The molecule has 0 aliphatic carbocycles. The van der Waals surface area contributed by atoms with Crippen LogP contribution in [-0.2, 0) is 4.74 Å². The Balaban J connectivity index is 1.89. The highest BCUT2D eigenvalue weighted by Crippen LogP contribution is 2.28. The highest BCUT2D eigenvalue weighted by Gasteiger charge is 2.21. The minimum Gasteiger partial charge on any atom is -0.463 e. The number of hydrogen-bond acceptors (Lipinski definition) is 6. The zero-order valence-electron chi connectivity index (χ0n) is 14.1. The Labute approximate surface area is 136 Å². The first kappa shape index (κ1) is 16.0. The van der Waals surface area contributed by atoms with Crippen molar-refractivity contribution in [3.63, 3.8) is 0 Å². The zero-order chi connectivity index (χ0) is 16.2. The number of aromatic nitrogens is 4. The van der Waals surface area contributed by atoms with Gasteiger partial charge in [-0.15, -0.1) is 0 Å². The Morgan fingerprint density at radius 3 is 2.96 bits per heavy atom. The molecule has 2 aromatic heterocycles. The molecule has 3 heterocycles. The van der Waals surface area contributed by atoms with Crippen LogP contribution in [0.25, 0.3) is 11.2 Å². The van der Waals surface area contributed by atoms with Gasteiger partial charge < -0.3 is 14.8 Å². The summed E-state index contributed by atoms with van der Waals surface area (Å²) in [6.45, 7) is 5.73. The maximum Gasteiger partial charge on any atom is 0.320 e. The average molecular weight is 319 g/mol. The molecule has 0 saturated carbocycles. The lowest BCUT2D eigenvalue weighted by atomic mass is 10.1. The van der Waals surface area contributed by atoms with Gasteiger partial charge in [0.1, 0.15) is 6.23 Å². The number of hydrogen-bond donors (Lipinski definition) is 1. The molecule has 0 amide bonds. The van der Waals surface area contributed by atoms with E-state index in [1.807, 2.05) is 11.6 Å². The molecule has 1 aliphatic heterocycles. The van der Waals surface area contributed by atoms with Crippen molar-refractivity contribution in [2.45, 2.75) is 45.8 Å². The van der Waals surface area contributed by atoms with Crippen LogP contribution in [0.2, 0.25) is 0 Å². The molecule has 0 bridgehead atoms. The van der Waals surface area contributed by atoms with Gasteiger partial charge in [-0.1, -0.05) is 13.8 Å². The third-order valence-corrected chi connectivity index (χ3v) is 4.03. The topological polar surface area (TPSA) is 74.1 Å². The lowest BCUT2D eigenvalue weighted by molar-refractivity contribution is -0.0298. The molecule has 0 spiro atoms. The average Bonchev–Trinajstić information content (AvgIpc) is 2.98. The van der Waals surface area contributed by atoms with E-state index in [9.17, 15) is 0 Å². The molecule has 1 saturated heterocycles. The van der Waals surface area contributed by atoms with E-state index in [-0.39, 0.29) is 6.23 Å². The van der Waals surface area contributed by atoms with E-state index in [0.717, 1.165) is 43.5 Å². The Bertz CT molecular complexity index is 649. The first-order valence-corrected chi connectivity index (χ1v) is 8.35. The van der Waals surface area contributed by atoms with E-state index < -0.39 is 0 Å². The maximum atomic E-state index is 5.86. The molecule has 0 radical (unpaired) electrons. The van der Waals surface area contributed by atoms with Crippen LogP contribution >= 0.6 is 0 Å². The summed E-state index contributed by atoms with van der Waals surface area (Å²) in [5, 5.41) is 3.08. The summed E-state index contributed by atoms with van der Waals surface area (Å²) in [5.74, 6) is 1.27. The Kier molecular flexibility index (Phi) is 4.95. The van der Waals surface area contributed by atoms with Gasteiger partial charge in [-0.2, -0.15) is 9.97 Å². The molecule has 1 atom stereocenters.